The van der Waals surface area contributed by atoms with E-state index in [0.29, 0.717) is 5.82 Å². The van der Waals surface area contributed by atoms with Crippen LogP contribution in [0.15, 0.2) is 6.07 Å². The van der Waals surface area contributed by atoms with Crippen LogP contribution in [0.4, 0.5) is 14.6 Å². The molecule has 1 heterocycles. The summed E-state index contributed by atoms with van der Waals surface area (Å²) in [5.74, 6) is 1.85. The summed E-state index contributed by atoms with van der Waals surface area (Å²) in [6.07, 6.45) is 6.38. The second-order valence-corrected chi connectivity index (χ2v) is 6.67. The van der Waals surface area contributed by atoms with E-state index in [0.717, 1.165) is 37.0 Å². The molecule has 102 valence electrons. The molecule has 4 aliphatic rings. The molecule has 1 aromatic heterocycles. The zero-order valence-corrected chi connectivity index (χ0v) is 10.7. The molecule has 0 unspecified atom stereocenters. The summed E-state index contributed by atoms with van der Waals surface area (Å²) in [5, 5.41) is 3.34. The molecular weight excluding hydrogens is 248 g/mol. The quantitative estimate of drug-likeness (QED) is 0.659. The van der Waals surface area contributed by atoms with Crippen LogP contribution in [0.25, 0.3) is 0 Å². The topological polar surface area (TPSA) is 37.8 Å². The lowest BCUT2D eigenvalue weighted by Gasteiger charge is -2.57. The highest BCUT2D eigenvalue weighted by molar-refractivity contribution is 5.38. The molecule has 0 aliphatic heterocycles. The molecular formula is C14H17F2N3. The van der Waals surface area contributed by atoms with E-state index in [4.69, 9.17) is 0 Å². The number of nitrogens with zero attached hydrogens (tertiary/aromatic N) is 2. The Kier molecular flexibility index (Phi) is 2.35. The van der Waals surface area contributed by atoms with Gasteiger partial charge < -0.3 is 5.32 Å². The Hall–Kier alpha value is -1.26. The second-order valence-electron chi connectivity index (χ2n) is 6.67. The minimum atomic E-state index is -0.993. The molecule has 0 amide bonds. The molecule has 1 aromatic rings. The maximum absolute atomic E-state index is 13.2. The summed E-state index contributed by atoms with van der Waals surface area (Å²) in [4.78, 5) is 6.73. The normalized spacial score (nSPS) is 39.6. The van der Waals surface area contributed by atoms with E-state index in [2.05, 4.69) is 15.3 Å². The van der Waals surface area contributed by atoms with Crippen molar-refractivity contribution >= 4 is 5.82 Å². The van der Waals surface area contributed by atoms with Crippen molar-refractivity contribution in [1.29, 1.82) is 0 Å². The molecule has 4 aliphatic carbocycles. The molecule has 0 atom stereocenters. The standard InChI is InChI=1S/C14H17F2N3/c15-11-4-12(18-13(16)17-11)19-14-5-8-1-9(6-14)3-10(2-8)7-14/h4,8-10H,1-3,5-7H2,(H,17,18,19). The van der Waals surface area contributed by atoms with Crippen LogP contribution in [0.2, 0.25) is 0 Å². The maximum Gasteiger partial charge on any atom is 0.313 e. The highest BCUT2D eigenvalue weighted by Gasteiger charge is 2.51. The van der Waals surface area contributed by atoms with Crippen LogP contribution >= 0.6 is 0 Å². The predicted octanol–water partition coefficient (Wildman–Crippen LogP) is 3.14. The Morgan fingerprint density at radius 2 is 1.58 bits per heavy atom. The van der Waals surface area contributed by atoms with Crippen LogP contribution in [0, 0.1) is 29.8 Å². The van der Waals surface area contributed by atoms with E-state index in [1.807, 2.05) is 0 Å². The van der Waals surface area contributed by atoms with E-state index in [-0.39, 0.29) is 5.54 Å². The van der Waals surface area contributed by atoms with Gasteiger partial charge in [-0.1, -0.05) is 0 Å². The smallest absolute Gasteiger partial charge is 0.313 e. The number of aromatic nitrogens is 2. The van der Waals surface area contributed by atoms with Crippen LogP contribution in [-0.2, 0) is 0 Å². The number of nitrogens with one attached hydrogen (secondary N) is 1. The number of hydrogen-bond donors (Lipinski definition) is 1. The van der Waals surface area contributed by atoms with Crippen molar-refractivity contribution in [2.75, 3.05) is 5.32 Å². The van der Waals surface area contributed by atoms with Crippen molar-refractivity contribution in [3.63, 3.8) is 0 Å². The van der Waals surface area contributed by atoms with Gasteiger partial charge >= 0.3 is 6.08 Å². The van der Waals surface area contributed by atoms with Gasteiger partial charge in [-0.25, -0.2) is 0 Å². The van der Waals surface area contributed by atoms with E-state index in [1.165, 1.54) is 25.3 Å². The van der Waals surface area contributed by atoms with E-state index >= 15 is 0 Å². The molecule has 3 nitrogen and oxygen atoms in total. The monoisotopic (exact) mass is 265 g/mol. The fraction of sp³-hybridized carbons (Fsp3) is 0.714. The van der Waals surface area contributed by atoms with E-state index < -0.39 is 12.0 Å². The number of rotatable bonds is 2. The summed E-state index contributed by atoms with van der Waals surface area (Å²) in [7, 11) is 0. The summed E-state index contributed by atoms with van der Waals surface area (Å²) >= 11 is 0. The Morgan fingerprint density at radius 3 is 2.11 bits per heavy atom. The second kappa shape index (κ2) is 3.87. The van der Waals surface area contributed by atoms with Crippen LogP contribution in [0.3, 0.4) is 0 Å². The number of anilines is 1. The molecule has 5 heteroatoms. The lowest BCUT2D eigenvalue weighted by molar-refractivity contribution is 0.0105. The first-order valence-corrected chi connectivity index (χ1v) is 7.08. The predicted molar refractivity (Wildman–Crippen MR) is 66.5 cm³/mol. The van der Waals surface area contributed by atoms with Crippen LogP contribution in [0.1, 0.15) is 38.5 Å². The Labute approximate surface area is 110 Å². The van der Waals surface area contributed by atoms with Crippen LogP contribution in [-0.4, -0.2) is 15.5 Å². The summed E-state index contributed by atoms with van der Waals surface area (Å²) < 4.78 is 26.2. The number of halogens is 2. The van der Waals surface area contributed by atoms with Gasteiger partial charge in [-0.2, -0.15) is 18.7 Å². The van der Waals surface area contributed by atoms with Crippen molar-refractivity contribution in [2.45, 2.75) is 44.1 Å². The van der Waals surface area contributed by atoms with Gasteiger partial charge in [0.05, 0.1) is 0 Å². The summed E-state index contributed by atoms with van der Waals surface area (Å²) in [6.45, 7) is 0. The van der Waals surface area contributed by atoms with E-state index in [1.54, 1.807) is 0 Å². The molecule has 0 radical (unpaired) electrons. The van der Waals surface area contributed by atoms with Crippen molar-refractivity contribution in [1.82, 2.24) is 9.97 Å². The first-order valence-electron chi connectivity index (χ1n) is 7.08. The number of hydrogen-bond acceptors (Lipinski definition) is 3. The Morgan fingerprint density at radius 1 is 1.00 bits per heavy atom. The molecule has 1 N–H and O–H groups in total. The van der Waals surface area contributed by atoms with Gasteiger partial charge in [0.25, 0.3) is 0 Å². The van der Waals surface area contributed by atoms with Crippen molar-refractivity contribution in [3.05, 3.63) is 18.1 Å². The molecule has 4 saturated carbocycles. The lowest BCUT2D eigenvalue weighted by Crippen LogP contribution is -2.54. The minimum Gasteiger partial charge on any atom is -0.364 e. The zero-order chi connectivity index (χ0) is 13.0. The zero-order valence-electron chi connectivity index (χ0n) is 10.7. The summed E-state index contributed by atoms with van der Waals surface area (Å²) in [6, 6.07) is 1.20. The van der Waals surface area contributed by atoms with Crippen LogP contribution < -0.4 is 5.32 Å². The fourth-order valence-corrected chi connectivity index (χ4v) is 4.99. The first kappa shape index (κ1) is 11.6. The van der Waals surface area contributed by atoms with Crippen LogP contribution in [0.5, 0.6) is 0 Å². The third kappa shape index (κ3) is 1.99. The van der Waals surface area contributed by atoms with Gasteiger partial charge in [0.1, 0.15) is 5.82 Å². The van der Waals surface area contributed by atoms with Gasteiger partial charge in [0.2, 0.25) is 5.95 Å². The molecule has 0 saturated heterocycles. The van der Waals surface area contributed by atoms with Crippen molar-refractivity contribution in [2.24, 2.45) is 17.8 Å². The largest absolute Gasteiger partial charge is 0.364 e. The van der Waals surface area contributed by atoms with Crippen molar-refractivity contribution < 1.29 is 8.78 Å². The van der Waals surface area contributed by atoms with Gasteiger partial charge in [0, 0.05) is 11.6 Å². The fourth-order valence-electron chi connectivity index (χ4n) is 4.99. The highest BCUT2D eigenvalue weighted by atomic mass is 19.1. The van der Waals surface area contributed by atoms with Gasteiger partial charge in [-0.15, -0.1) is 0 Å². The molecule has 19 heavy (non-hydrogen) atoms. The molecule has 5 rings (SSSR count). The SMILES string of the molecule is Fc1cc(NC23CC4CC(CC(C4)C2)C3)nc(F)n1. The van der Waals surface area contributed by atoms with Gasteiger partial charge in [0.15, 0.2) is 0 Å². The third-order valence-electron chi connectivity index (χ3n) is 5.10. The first-order chi connectivity index (χ1) is 9.10. The average molecular weight is 265 g/mol. The average Bonchev–Trinajstić information content (AvgIpc) is 2.23. The van der Waals surface area contributed by atoms with E-state index in [9.17, 15) is 8.78 Å². The van der Waals surface area contributed by atoms with Gasteiger partial charge in [-0.05, 0) is 56.3 Å². The Bertz CT molecular complexity index is 462. The molecule has 4 bridgehead atoms. The van der Waals surface area contributed by atoms with Crippen molar-refractivity contribution in [3.8, 4) is 0 Å². The maximum atomic E-state index is 13.2. The highest BCUT2D eigenvalue weighted by Crippen LogP contribution is 2.56. The minimum absolute atomic E-state index is 0.0159. The molecule has 0 aromatic carbocycles. The van der Waals surface area contributed by atoms with Gasteiger partial charge in [-0.3, -0.25) is 0 Å². The Balaban J connectivity index is 1.62. The molecule has 0 spiro atoms. The third-order valence-corrected chi connectivity index (χ3v) is 5.10. The molecule has 4 fully saturated rings. The lowest BCUT2D eigenvalue weighted by atomic mass is 9.53. The summed E-state index contributed by atoms with van der Waals surface area (Å²) in [5.41, 5.74) is 0.0159.